The van der Waals surface area contributed by atoms with Crippen LogP contribution in [0.5, 0.6) is 0 Å². The molecule has 0 bridgehead atoms. The van der Waals surface area contributed by atoms with Crippen molar-refractivity contribution in [2.24, 2.45) is 0 Å². The Morgan fingerprint density at radius 1 is 0.902 bits per heavy atom. The molecule has 2 heterocycles. The molecule has 2 aliphatic rings. The van der Waals surface area contributed by atoms with Crippen LogP contribution in [0.1, 0.15) is 6.92 Å². The fourth-order valence-electron chi connectivity index (χ4n) is 3.93. The van der Waals surface area contributed by atoms with Gasteiger partial charge in [-0.25, -0.2) is 9.59 Å². The minimum absolute atomic E-state index is 0.197. The van der Waals surface area contributed by atoms with Crippen molar-refractivity contribution in [2.45, 2.75) is 80.4 Å². The normalized spacial score (nSPS) is 35.0. The molecule has 236 valence electrons. The van der Waals surface area contributed by atoms with E-state index in [0.717, 1.165) is 7.11 Å². The van der Waals surface area contributed by atoms with Gasteiger partial charge in [0.1, 0.15) is 67.5 Å². The summed E-state index contributed by atoms with van der Waals surface area (Å²) in [5, 5.41) is 75.3. The highest BCUT2D eigenvalue weighted by molar-refractivity contribution is 5.89. The second-order valence-electron chi connectivity index (χ2n) is 9.18. The molecule has 0 aromatic rings. The molecule has 9 N–H and O–H groups in total. The molecule has 18 heteroatoms. The van der Waals surface area contributed by atoms with Gasteiger partial charge in [0.25, 0.3) is 0 Å². The molecule has 0 aromatic carbocycles. The summed E-state index contributed by atoms with van der Waals surface area (Å²) in [6, 6.07) is -2.65. The van der Waals surface area contributed by atoms with E-state index in [2.05, 4.69) is 21.9 Å². The van der Waals surface area contributed by atoms with Crippen LogP contribution < -0.4 is 10.6 Å². The molecule has 2 saturated heterocycles. The third kappa shape index (κ3) is 9.00. The van der Waals surface area contributed by atoms with E-state index in [1.165, 1.54) is 13.0 Å². The van der Waals surface area contributed by atoms with Crippen LogP contribution >= 0.6 is 0 Å². The lowest BCUT2D eigenvalue weighted by Gasteiger charge is -2.46. The number of rotatable bonds is 13. The van der Waals surface area contributed by atoms with Crippen molar-refractivity contribution < 1.29 is 78.6 Å². The maximum atomic E-state index is 12.8. The number of alkyl carbamates (subject to hydrolysis) is 1. The highest BCUT2D eigenvalue weighted by Crippen LogP contribution is 2.29. The molecule has 2 aliphatic heterocycles. The quantitative estimate of drug-likeness (QED) is 0.0707. The van der Waals surface area contributed by atoms with Gasteiger partial charge in [0.15, 0.2) is 12.6 Å². The van der Waals surface area contributed by atoms with E-state index in [1.807, 2.05) is 0 Å². The molecular weight excluding hydrogens is 560 g/mol. The Balaban J connectivity index is 2.18. The zero-order valence-corrected chi connectivity index (χ0v) is 22.3. The Bertz CT molecular complexity index is 877. The first-order valence-electron chi connectivity index (χ1n) is 12.5. The van der Waals surface area contributed by atoms with Gasteiger partial charge in [-0.2, -0.15) is 0 Å². The summed E-state index contributed by atoms with van der Waals surface area (Å²) in [7, 11) is 1.10. The van der Waals surface area contributed by atoms with E-state index in [-0.39, 0.29) is 6.61 Å². The smallest absolute Gasteiger partial charge is 0.408 e. The fourth-order valence-corrected chi connectivity index (χ4v) is 3.93. The number of methoxy groups -OCH3 is 1. The largest absolute Gasteiger partial charge is 0.467 e. The van der Waals surface area contributed by atoms with Gasteiger partial charge in [-0.3, -0.25) is 4.79 Å². The molecule has 0 unspecified atom stereocenters. The van der Waals surface area contributed by atoms with Crippen LogP contribution in [0.3, 0.4) is 0 Å². The molecule has 0 saturated carbocycles. The number of carbonyl (C=O) groups excluding carboxylic acids is 3. The molecule has 0 radical (unpaired) electrons. The second kappa shape index (κ2) is 16.2. The SMILES string of the molecule is C=CCOC(=O)N[C@@H](CO[C@@H]1O[C@H](CO)[C@H](O)[C@H](O[C@@H]2O[C@H](CO)[C@H](O)[C@H](O)[C@H]2O)[C@H]1O)C(=O)N[C@@H](C)C(=O)OC. The Labute approximate surface area is 234 Å². The van der Waals surface area contributed by atoms with Crippen molar-refractivity contribution in [3.8, 4) is 0 Å². The first-order valence-corrected chi connectivity index (χ1v) is 12.5. The van der Waals surface area contributed by atoms with E-state index in [1.54, 1.807) is 0 Å². The highest BCUT2D eigenvalue weighted by atomic mass is 16.7. The fraction of sp³-hybridized carbons (Fsp3) is 0.783. The number of hydrogen-bond donors (Lipinski definition) is 9. The number of ether oxygens (including phenoxy) is 6. The molecule has 12 atom stereocenters. The third-order valence-electron chi connectivity index (χ3n) is 6.24. The molecule has 2 amide bonds. The van der Waals surface area contributed by atoms with Crippen molar-refractivity contribution in [1.82, 2.24) is 10.6 Å². The van der Waals surface area contributed by atoms with E-state index in [4.69, 9.17) is 23.7 Å². The minimum atomic E-state index is -1.88. The molecule has 0 spiro atoms. The predicted molar refractivity (Wildman–Crippen MR) is 130 cm³/mol. The predicted octanol–water partition coefficient (Wildman–Crippen LogP) is -5.41. The topological polar surface area (TPSA) is 272 Å². The lowest BCUT2D eigenvalue weighted by atomic mass is 9.97. The summed E-state index contributed by atoms with van der Waals surface area (Å²) in [6.07, 6.45) is -16.8. The van der Waals surface area contributed by atoms with E-state index >= 15 is 0 Å². The molecule has 18 nitrogen and oxygen atoms in total. The van der Waals surface area contributed by atoms with Crippen molar-refractivity contribution >= 4 is 18.0 Å². The van der Waals surface area contributed by atoms with Gasteiger partial charge in [-0.15, -0.1) is 0 Å². The minimum Gasteiger partial charge on any atom is -0.467 e. The van der Waals surface area contributed by atoms with Gasteiger partial charge in [-0.1, -0.05) is 12.7 Å². The molecule has 41 heavy (non-hydrogen) atoms. The second-order valence-corrected chi connectivity index (χ2v) is 9.18. The van der Waals surface area contributed by atoms with Gasteiger partial charge >= 0.3 is 12.1 Å². The zero-order chi connectivity index (χ0) is 30.9. The first-order chi connectivity index (χ1) is 19.4. The highest BCUT2D eigenvalue weighted by Gasteiger charge is 2.51. The van der Waals surface area contributed by atoms with Crippen LogP contribution in [0, 0.1) is 0 Å². The maximum Gasteiger partial charge on any atom is 0.408 e. The van der Waals surface area contributed by atoms with Crippen LogP contribution in [0.25, 0.3) is 0 Å². The van der Waals surface area contributed by atoms with E-state index in [0.29, 0.717) is 0 Å². The van der Waals surface area contributed by atoms with E-state index < -0.39 is 111 Å². The molecular formula is C23H38N2O16. The van der Waals surface area contributed by atoms with Crippen LogP contribution in [0.15, 0.2) is 12.7 Å². The Kier molecular flexibility index (Phi) is 13.7. The van der Waals surface area contributed by atoms with E-state index in [9.17, 15) is 50.1 Å². The summed E-state index contributed by atoms with van der Waals surface area (Å²) in [4.78, 5) is 36.6. The molecule has 0 aliphatic carbocycles. The monoisotopic (exact) mass is 598 g/mol. The standard InChI is InChI=1S/C23H38N2O16/c1-4-5-37-23(35)25-10(19(33)24-9(2)20(34)36-3)8-38-21-17(32)18(14(29)12(7-27)39-21)41-22-16(31)15(30)13(28)11(6-26)40-22/h4,9-18,21-22,26-32H,1,5-8H2,2-3H3,(H,24,33)(H,25,35)/t9-,10-,11+,12+,13-,14-,15-,16+,17+,18-,21+,22-/m0/s1. The number of amides is 2. The average molecular weight is 599 g/mol. The van der Waals surface area contributed by atoms with Crippen molar-refractivity contribution in [1.29, 1.82) is 0 Å². The van der Waals surface area contributed by atoms with Crippen LogP contribution in [-0.2, 0) is 38.0 Å². The number of aliphatic hydroxyl groups is 7. The van der Waals surface area contributed by atoms with Crippen molar-refractivity contribution in [2.75, 3.05) is 33.5 Å². The lowest BCUT2D eigenvalue weighted by Crippen LogP contribution is -2.65. The summed E-state index contributed by atoms with van der Waals surface area (Å²) < 4.78 is 30.9. The Hall–Kier alpha value is -2.49. The van der Waals surface area contributed by atoms with Gasteiger partial charge < -0.3 is 74.8 Å². The van der Waals surface area contributed by atoms with Crippen LogP contribution in [-0.4, -0.2) is 161 Å². The summed E-state index contributed by atoms with van der Waals surface area (Å²) in [6.45, 7) is 2.23. The Morgan fingerprint density at radius 2 is 1.51 bits per heavy atom. The van der Waals surface area contributed by atoms with Crippen LogP contribution in [0.4, 0.5) is 4.79 Å². The average Bonchev–Trinajstić information content (AvgIpc) is 2.96. The van der Waals surface area contributed by atoms with Gasteiger partial charge in [-0.05, 0) is 6.92 Å². The summed E-state index contributed by atoms with van der Waals surface area (Å²) in [5.41, 5.74) is 0. The first kappa shape index (κ1) is 34.7. The lowest BCUT2D eigenvalue weighted by molar-refractivity contribution is -0.360. The van der Waals surface area contributed by atoms with Gasteiger partial charge in [0.2, 0.25) is 5.91 Å². The Morgan fingerprint density at radius 3 is 2.10 bits per heavy atom. The van der Waals surface area contributed by atoms with Gasteiger partial charge in [0, 0.05) is 0 Å². The third-order valence-corrected chi connectivity index (χ3v) is 6.24. The maximum absolute atomic E-state index is 12.8. The number of nitrogens with one attached hydrogen (secondary N) is 2. The van der Waals surface area contributed by atoms with Crippen molar-refractivity contribution in [3.05, 3.63) is 12.7 Å². The number of carbonyl (C=O) groups is 3. The summed E-state index contributed by atoms with van der Waals surface area (Å²) >= 11 is 0. The number of hydrogen-bond acceptors (Lipinski definition) is 16. The number of esters is 1. The van der Waals surface area contributed by atoms with Crippen molar-refractivity contribution in [3.63, 3.8) is 0 Å². The molecule has 0 aromatic heterocycles. The molecule has 2 fully saturated rings. The summed E-state index contributed by atoms with van der Waals surface area (Å²) in [5.74, 6) is -1.71. The number of aliphatic hydroxyl groups excluding tert-OH is 7. The van der Waals surface area contributed by atoms with Gasteiger partial charge in [0.05, 0.1) is 26.9 Å². The van der Waals surface area contributed by atoms with Crippen LogP contribution in [0.2, 0.25) is 0 Å². The zero-order valence-electron chi connectivity index (χ0n) is 22.3. The molecule has 2 rings (SSSR count).